The van der Waals surface area contributed by atoms with Gasteiger partial charge in [0.25, 0.3) is 0 Å². The van der Waals surface area contributed by atoms with Crippen LogP contribution in [0.3, 0.4) is 0 Å². The molecule has 0 aliphatic rings. The third-order valence-electron chi connectivity index (χ3n) is 2.21. The highest BCUT2D eigenvalue weighted by Crippen LogP contribution is 2.24. The molecule has 0 radical (unpaired) electrons. The van der Waals surface area contributed by atoms with Crippen molar-refractivity contribution in [2.24, 2.45) is 0 Å². The first kappa shape index (κ1) is 8.81. The van der Waals surface area contributed by atoms with E-state index in [2.05, 4.69) is 10.3 Å². The Hall–Kier alpha value is -1.77. The Bertz CT molecular complexity index is 454. The molecule has 14 heavy (non-hydrogen) atoms. The van der Waals surface area contributed by atoms with Gasteiger partial charge in [-0.15, -0.1) is 0 Å². The molecule has 3 heteroatoms. The zero-order valence-electron chi connectivity index (χ0n) is 8.24. The summed E-state index contributed by atoms with van der Waals surface area (Å²) in [6.45, 7) is 0. The number of nitrogens with zero attached hydrogens (tertiary/aromatic N) is 1. The molecular weight excluding hydrogens is 176 g/mol. The van der Waals surface area contributed by atoms with Gasteiger partial charge < -0.3 is 10.1 Å². The van der Waals surface area contributed by atoms with Crippen LogP contribution < -0.4 is 10.1 Å². The molecule has 0 amide bonds. The molecule has 2 rings (SSSR count). The van der Waals surface area contributed by atoms with Gasteiger partial charge in [-0.2, -0.15) is 0 Å². The second kappa shape index (κ2) is 3.54. The Morgan fingerprint density at radius 2 is 2.14 bits per heavy atom. The standard InChI is InChI=1S/C11H12N2O/c1-12-11-10-4-3-9(14-2)7-8(10)5-6-13-11/h3-7H,1-2H3,(H,12,13). The van der Waals surface area contributed by atoms with E-state index in [1.165, 1.54) is 0 Å². The van der Waals surface area contributed by atoms with Gasteiger partial charge in [-0.25, -0.2) is 4.98 Å². The topological polar surface area (TPSA) is 34.2 Å². The van der Waals surface area contributed by atoms with Gasteiger partial charge in [0, 0.05) is 18.6 Å². The van der Waals surface area contributed by atoms with Crippen LogP contribution in [0.1, 0.15) is 0 Å². The summed E-state index contributed by atoms with van der Waals surface area (Å²) in [6.07, 6.45) is 1.79. The van der Waals surface area contributed by atoms with E-state index in [0.29, 0.717) is 0 Å². The maximum Gasteiger partial charge on any atom is 0.133 e. The Kier molecular flexibility index (Phi) is 2.23. The predicted molar refractivity (Wildman–Crippen MR) is 57.8 cm³/mol. The van der Waals surface area contributed by atoms with Crippen molar-refractivity contribution in [2.75, 3.05) is 19.5 Å². The lowest BCUT2D eigenvalue weighted by Gasteiger charge is -2.05. The van der Waals surface area contributed by atoms with E-state index < -0.39 is 0 Å². The SMILES string of the molecule is CNc1nccc2cc(OC)ccc12. The van der Waals surface area contributed by atoms with Crippen molar-refractivity contribution in [2.45, 2.75) is 0 Å². The lowest BCUT2D eigenvalue weighted by molar-refractivity contribution is 0.415. The van der Waals surface area contributed by atoms with Crippen LogP contribution in [-0.4, -0.2) is 19.1 Å². The number of nitrogens with one attached hydrogen (secondary N) is 1. The van der Waals surface area contributed by atoms with E-state index >= 15 is 0 Å². The first-order valence-electron chi connectivity index (χ1n) is 4.45. The monoisotopic (exact) mass is 188 g/mol. The molecular formula is C11H12N2O. The number of aromatic nitrogens is 1. The van der Waals surface area contributed by atoms with Crippen LogP contribution in [-0.2, 0) is 0 Å². The highest BCUT2D eigenvalue weighted by molar-refractivity contribution is 5.92. The van der Waals surface area contributed by atoms with E-state index in [-0.39, 0.29) is 0 Å². The summed E-state index contributed by atoms with van der Waals surface area (Å²) in [5.74, 6) is 1.76. The molecule has 0 unspecified atom stereocenters. The Balaban J connectivity index is 2.67. The van der Waals surface area contributed by atoms with Gasteiger partial charge in [-0.3, -0.25) is 0 Å². The van der Waals surface area contributed by atoms with Crippen molar-refractivity contribution in [3.05, 3.63) is 30.5 Å². The molecule has 0 atom stereocenters. The maximum absolute atomic E-state index is 5.15. The molecule has 0 aliphatic carbocycles. The first-order valence-corrected chi connectivity index (χ1v) is 4.45. The smallest absolute Gasteiger partial charge is 0.133 e. The molecule has 0 saturated heterocycles. The summed E-state index contributed by atoms with van der Waals surface area (Å²) in [5, 5.41) is 5.29. The minimum absolute atomic E-state index is 0.866. The zero-order chi connectivity index (χ0) is 9.97. The second-order valence-electron chi connectivity index (χ2n) is 3.00. The number of anilines is 1. The molecule has 0 aliphatic heterocycles. The highest BCUT2D eigenvalue weighted by Gasteiger charge is 2.00. The number of rotatable bonds is 2. The highest BCUT2D eigenvalue weighted by atomic mass is 16.5. The van der Waals surface area contributed by atoms with Crippen molar-refractivity contribution in [3.63, 3.8) is 0 Å². The average Bonchev–Trinajstić information content (AvgIpc) is 2.27. The fraction of sp³-hybridized carbons (Fsp3) is 0.182. The molecule has 1 heterocycles. The molecule has 1 aromatic heterocycles. The van der Waals surface area contributed by atoms with Gasteiger partial charge in [-0.1, -0.05) is 0 Å². The van der Waals surface area contributed by atoms with Crippen LogP contribution in [0.15, 0.2) is 30.5 Å². The molecule has 72 valence electrons. The molecule has 0 spiro atoms. The predicted octanol–water partition coefficient (Wildman–Crippen LogP) is 2.29. The zero-order valence-corrected chi connectivity index (χ0v) is 8.24. The van der Waals surface area contributed by atoms with Crippen LogP contribution in [0.25, 0.3) is 10.8 Å². The number of hydrogen-bond acceptors (Lipinski definition) is 3. The molecule has 2 aromatic rings. The summed E-state index contributed by atoms with van der Waals surface area (Å²) in [4.78, 5) is 4.23. The minimum Gasteiger partial charge on any atom is -0.497 e. The summed E-state index contributed by atoms with van der Waals surface area (Å²) in [5.41, 5.74) is 0. The molecule has 0 bridgehead atoms. The van der Waals surface area contributed by atoms with E-state index in [1.807, 2.05) is 31.3 Å². The van der Waals surface area contributed by atoms with Crippen LogP contribution >= 0.6 is 0 Å². The molecule has 1 aromatic carbocycles. The van der Waals surface area contributed by atoms with Crippen LogP contribution in [0.5, 0.6) is 5.75 Å². The lowest BCUT2D eigenvalue weighted by Crippen LogP contribution is -1.93. The van der Waals surface area contributed by atoms with Gasteiger partial charge >= 0.3 is 0 Å². The number of ether oxygens (including phenoxy) is 1. The summed E-state index contributed by atoms with van der Waals surface area (Å²) in [6, 6.07) is 7.91. The quantitative estimate of drug-likeness (QED) is 0.785. The lowest BCUT2D eigenvalue weighted by atomic mass is 10.1. The van der Waals surface area contributed by atoms with Crippen LogP contribution in [0.2, 0.25) is 0 Å². The number of methoxy groups -OCH3 is 1. The van der Waals surface area contributed by atoms with E-state index in [1.54, 1.807) is 13.3 Å². The minimum atomic E-state index is 0.866. The van der Waals surface area contributed by atoms with Crippen LogP contribution in [0.4, 0.5) is 5.82 Å². The molecule has 0 fully saturated rings. The van der Waals surface area contributed by atoms with Crippen LogP contribution in [0, 0.1) is 0 Å². The van der Waals surface area contributed by atoms with Crippen molar-refractivity contribution in [1.29, 1.82) is 0 Å². The third-order valence-corrected chi connectivity index (χ3v) is 2.21. The molecule has 1 N–H and O–H groups in total. The van der Waals surface area contributed by atoms with E-state index in [9.17, 15) is 0 Å². The summed E-state index contributed by atoms with van der Waals surface area (Å²) >= 11 is 0. The molecule has 3 nitrogen and oxygen atoms in total. The number of benzene rings is 1. The maximum atomic E-state index is 5.15. The molecule has 0 saturated carbocycles. The Morgan fingerprint density at radius 3 is 2.86 bits per heavy atom. The largest absolute Gasteiger partial charge is 0.497 e. The second-order valence-corrected chi connectivity index (χ2v) is 3.00. The van der Waals surface area contributed by atoms with Gasteiger partial charge in [0.2, 0.25) is 0 Å². The van der Waals surface area contributed by atoms with Crippen molar-refractivity contribution >= 4 is 16.6 Å². The fourth-order valence-electron chi connectivity index (χ4n) is 1.48. The summed E-state index contributed by atoms with van der Waals surface area (Å²) < 4.78 is 5.15. The average molecular weight is 188 g/mol. The van der Waals surface area contributed by atoms with E-state index in [4.69, 9.17) is 4.74 Å². The van der Waals surface area contributed by atoms with Gasteiger partial charge in [0.05, 0.1) is 7.11 Å². The summed E-state index contributed by atoms with van der Waals surface area (Å²) in [7, 11) is 3.54. The van der Waals surface area contributed by atoms with Crippen molar-refractivity contribution in [1.82, 2.24) is 4.98 Å². The van der Waals surface area contributed by atoms with E-state index in [0.717, 1.165) is 22.3 Å². The first-order chi connectivity index (χ1) is 6.85. The Morgan fingerprint density at radius 1 is 1.29 bits per heavy atom. The van der Waals surface area contributed by atoms with Gasteiger partial charge in [0.15, 0.2) is 0 Å². The number of pyridine rings is 1. The van der Waals surface area contributed by atoms with Crippen molar-refractivity contribution < 1.29 is 4.74 Å². The normalized spacial score (nSPS) is 10.1. The van der Waals surface area contributed by atoms with Gasteiger partial charge in [-0.05, 0) is 29.7 Å². The van der Waals surface area contributed by atoms with Gasteiger partial charge in [0.1, 0.15) is 11.6 Å². The Labute approximate surface area is 82.7 Å². The number of fused-ring (bicyclic) bond motifs is 1. The number of hydrogen-bond donors (Lipinski definition) is 1. The van der Waals surface area contributed by atoms with Crippen molar-refractivity contribution in [3.8, 4) is 5.75 Å². The third kappa shape index (κ3) is 1.37. The fourth-order valence-corrected chi connectivity index (χ4v) is 1.48.